The highest BCUT2D eigenvalue weighted by Gasteiger charge is 2.72. The first-order valence-corrected chi connectivity index (χ1v) is 17.1. The molecular weight excluding hydrogens is 544 g/mol. The summed E-state index contributed by atoms with van der Waals surface area (Å²) in [5, 5.41) is 0. The van der Waals surface area contributed by atoms with Gasteiger partial charge in [0.15, 0.2) is 0 Å². The van der Waals surface area contributed by atoms with Gasteiger partial charge in [0.1, 0.15) is 23.0 Å². The third-order valence-electron chi connectivity index (χ3n) is 11.8. The van der Waals surface area contributed by atoms with Gasteiger partial charge in [-0.15, -0.1) is 0 Å². The van der Waals surface area contributed by atoms with Crippen LogP contribution in [0.15, 0.2) is 60.7 Å². The van der Waals surface area contributed by atoms with Gasteiger partial charge in [0.25, 0.3) is 0 Å². The molecule has 44 heavy (non-hydrogen) atoms. The molecule has 1 saturated heterocycles. The van der Waals surface area contributed by atoms with Crippen molar-refractivity contribution in [1.82, 2.24) is 0 Å². The summed E-state index contributed by atoms with van der Waals surface area (Å²) >= 11 is 0. The molecule has 2 heterocycles. The van der Waals surface area contributed by atoms with Crippen LogP contribution in [-0.2, 0) is 32.0 Å². The predicted molar refractivity (Wildman–Crippen MR) is 174 cm³/mol. The lowest BCUT2D eigenvalue weighted by Crippen LogP contribution is -2.44. The fourth-order valence-corrected chi connectivity index (χ4v) is 9.47. The monoisotopic (exact) mass is 594 g/mol. The zero-order valence-electron chi connectivity index (χ0n) is 27.3. The van der Waals surface area contributed by atoms with Crippen molar-refractivity contribution >= 4 is 17.3 Å². The van der Waals surface area contributed by atoms with Crippen LogP contribution in [0.4, 0.5) is 0 Å². The quantitative estimate of drug-likeness (QED) is 0.249. The van der Waals surface area contributed by atoms with Crippen LogP contribution in [0.25, 0.3) is 0 Å². The zero-order valence-corrected chi connectivity index (χ0v) is 27.3. The maximum absolute atomic E-state index is 14.5. The molecule has 4 nitrogen and oxygen atoms in total. The third-order valence-corrected chi connectivity index (χ3v) is 11.8. The van der Waals surface area contributed by atoms with Gasteiger partial charge < -0.3 is 4.74 Å². The summed E-state index contributed by atoms with van der Waals surface area (Å²) in [5.41, 5.74) is 3.57. The molecule has 10 unspecified atom stereocenters. The topological polar surface area (TPSA) is 60.4 Å². The Bertz CT molecular complexity index is 1400. The zero-order chi connectivity index (χ0) is 31.2. The lowest BCUT2D eigenvalue weighted by molar-refractivity contribution is -0.136. The molecule has 2 aromatic rings. The van der Waals surface area contributed by atoms with Gasteiger partial charge in [0.2, 0.25) is 0 Å². The summed E-state index contributed by atoms with van der Waals surface area (Å²) in [6, 6.07) is 16.7. The second-order valence-corrected chi connectivity index (χ2v) is 15.0. The highest BCUT2D eigenvalue weighted by Crippen LogP contribution is 2.60. The third kappa shape index (κ3) is 5.80. The Morgan fingerprint density at radius 3 is 2.43 bits per heavy atom. The van der Waals surface area contributed by atoms with Crippen LogP contribution in [0, 0.1) is 61.2 Å². The fraction of sp³-hybridized carbons (Fsp3) is 0.575. The Balaban J connectivity index is 1.27. The van der Waals surface area contributed by atoms with E-state index in [1.54, 1.807) is 0 Å². The molecule has 0 amide bonds. The number of benzene rings is 2. The molecule has 2 saturated carbocycles. The molecule has 6 rings (SSSR count). The molecule has 4 aliphatic rings. The van der Waals surface area contributed by atoms with Crippen molar-refractivity contribution in [2.24, 2.45) is 47.3 Å². The molecule has 4 heteroatoms. The van der Waals surface area contributed by atoms with Gasteiger partial charge in [-0.1, -0.05) is 105 Å². The van der Waals surface area contributed by atoms with Crippen molar-refractivity contribution in [2.75, 3.05) is 0 Å². The maximum atomic E-state index is 14.5. The van der Waals surface area contributed by atoms with E-state index in [0.717, 1.165) is 42.4 Å². The highest BCUT2D eigenvalue weighted by molar-refractivity contribution is 6.02. The molecule has 0 aromatic heterocycles. The van der Waals surface area contributed by atoms with Crippen LogP contribution < -0.4 is 0 Å². The van der Waals surface area contributed by atoms with Gasteiger partial charge in [-0.3, -0.25) is 14.4 Å². The van der Waals surface area contributed by atoms with E-state index in [-0.39, 0.29) is 23.8 Å². The van der Waals surface area contributed by atoms with E-state index in [2.05, 4.69) is 63.2 Å². The van der Waals surface area contributed by atoms with Crippen molar-refractivity contribution in [3.05, 3.63) is 82.9 Å². The highest BCUT2D eigenvalue weighted by atomic mass is 16.5. The Morgan fingerprint density at radius 1 is 0.977 bits per heavy atom. The molecule has 0 N–H and O–H groups in total. The summed E-state index contributed by atoms with van der Waals surface area (Å²) in [6.07, 6.45) is 10.3. The predicted octanol–water partition coefficient (Wildman–Crippen LogP) is 7.86. The van der Waals surface area contributed by atoms with E-state index in [4.69, 9.17) is 4.74 Å². The largest absolute Gasteiger partial charge is 0.361 e. The molecule has 2 aliphatic carbocycles. The van der Waals surface area contributed by atoms with Crippen LogP contribution in [-0.4, -0.2) is 29.1 Å². The van der Waals surface area contributed by atoms with E-state index in [9.17, 15) is 14.4 Å². The SMILES string of the molecule is Cc1cc(C)cc(CC(=O)C2C3C=CC4(O3)C(C(=O)CC3CCCC(C)C3C)C(CCC(C)Cc3ccccc3)C(=O)C24)c1. The molecule has 2 aliphatic heterocycles. The normalized spacial score (nSPS) is 34.7. The summed E-state index contributed by atoms with van der Waals surface area (Å²) in [7, 11) is 0. The summed E-state index contributed by atoms with van der Waals surface area (Å²) in [6.45, 7) is 10.9. The van der Waals surface area contributed by atoms with E-state index < -0.39 is 35.4 Å². The fourth-order valence-electron chi connectivity index (χ4n) is 9.47. The number of Topliss-reactive ketones (excluding diaryl/α,β-unsaturated/α-hetero) is 3. The van der Waals surface area contributed by atoms with Crippen LogP contribution in [0.2, 0.25) is 0 Å². The van der Waals surface area contributed by atoms with Crippen molar-refractivity contribution in [3.8, 4) is 0 Å². The summed E-state index contributed by atoms with van der Waals surface area (Å²) in [4.78, 5) is 43.0. The number of aryl methyl sites for hydroxylation is 2. The minimum absolute atomic E-state index is 0.0589. The van der Waals surface area contributed by atoms with Crippen molar-refractivity contribution in [3.63, 3.8) is 0 Å². The lowest BCUT2D eigenvalue weighted by Gasteiger charge is -2.36. The number of fused-ring (bicyclic) bond motifs is 1. The van der Waals surface area contributed by atoms with Crippen LogP contribution in [0.5, 0.6) is 0 Å². The standard InChI is InChI=1S/C40H50O4/c1-24(19-29-11-7-6-8-12-29)14-15-32-37(34(42)23-31-13-9-10-27(4)28(31)5)40-17-16-35(44-40)36(38(40)39(32)43)33(41)22-30-20-25(2)18-26(3)21-30/h6-8,11-12,16-18,20-21,24,27-28,31-32,35-38H,9-10,13-15,19,22-23H2,1-5H3. The Kier molecular flexibility index (Phi) is 8.85. The number of carbonyl (C=O) groups excluding carboxylic acids is 3. The molecule has 1 spiro atoms. The van der Waals surface area contributed by atoms with Crippen LogP contribution in [0.1, 0.15) is 81.5 Å². The maximum Gasteiger partial charge on any atom is 0.144 e. The first kappa shape index (κ1) is 31.1. The second kappa shape index (κ2) is 12.5. The Morgan fingerprint density at radius 2 is 1.70 bits per heavy atom. The van der Waals surface area contributed by atoms with Gasteiger partial charge in [0, 0.05) is 18.8 Å². The smallest absolute Gasteiger partial charge is 0.144 e. The minimum atomic E-state index is -0.974. The Labute approximate surface area is 264 Å². The number of hydrogen-bond acceptors (Lipinski definition) is 4. The molecule has 10 atom stereocenters. The lowest BCUT2D eigenvalue weighted by atomic mass is 9.68. The van der Waals surface area contributed by atoms with Gasteiger partial charge in [-0.25, -0.2) is 0 Å². The molecule has 2 bridgehead atoms. The second-order valence-electron chi connectivity index (χ2n) is 15.0. The average molecular weight is 595 g/mol. The van der Waals surface area contributed by atoms with Crippen molar-refractivity contribution in [2.45, 2.75) is 97.7 Å². The first-order chi connectivity index (χ1) is 21.1. The summed E-state index contributed by atoms with van der Waals surface area (Å²) < 4.78 is 6.70. The van der Waals surface area contributed by atoms with Gasteiger partial charge in [-0.05, 0) is 74.3 Å². The molecule has 0 radical (unpaired) electrons. The summed E-state index contributed by atoms with van der Waals surface area (Å²) in [5.74, 6) is 0.160. The first-order valence-electron chi connectivity index (χ1n) is 17.1. The van der Waals surface area contributed by atoms with Gasteiger partial charge in [0.05, 0.1) is 23.9 Å². The van der Waals surface area contributed by atoms with Crippen molar-refractivity contribution in [1.29, 1.82) is 0 Å². The van der Waals surface area contributed by atoms with Crippen molar-refractivity contribution < 1.29 is 19.1 Å². The number of carbonyl (C=O) groups is 3. The van der Waals surface area contributed by atoms with Gasteiger partial charge >= 0.3 is 0 Å². The van der Waals surface area contributed by atoms with Crippen LogP contribution >= 0.6 is 0 Å². The van der Waals surface area contributed by atoms with E-state index in [1.807, 2.05) is 32.1 Å². The average Bonchev–Trinajstić information content (AvgIpc) is 3.61. The number of ether oxygens (including phenoxy) is 1. The van der Waals surface area contributed by atoms with E-state index in [1.165, 1.54) is 12.0 Å². The minimum Gasteiger partial charge on any atom is -0.361 e. The van der Waals surface area contributed by atoms with E-state index in [0.29, 0.717) is 36.5 Å². The number of hydrogen-bond donors (Lipinski definition) is 0. The number of ketones is 3. The van der Waals surface area contributed by atoms with Crippen LogP contribution in [0.3, 0.4) is 0 Å². The van der Waals surface area contributed by atoms with E-state index >= 15 is 0 Å². The molecule has 3 fully saturated rings. The molecule has 234 valence electrons. The Hall–Kier alpha value is -2.85. The molecule has 2 aromatic carbocycles. The molecular formula is C40H50O4. The number of rotatable bonds is 11. The van der Waals surface area contributed by atoms with Gasteiger partial charge in [-0.2, -0.15) is 0 Å².